The Morgan fingerprint density at radius 3 is 2.90 bits per heavy atom. The van der Waals surface area contributed by atoms with Gasteiger partial charge in [-0.25, -0.2) is 4.98 Å². The maximum atomic E-state index is 12.1. The number of amides is 1. The molecule has 0 atom stereocenters. The highest BCUT2D eigenvalue weighted by Crippen LogP contribution is 2.27. The Balaban J connectivity index is 1.64. The first-order valence-corrected chi connectivity index (χ1v) is 7.94. The number of hydrogen-bond acceptors (Lipinski definition) is 3. The second-order valence-corrected chi connectivity index (χ2v) is 5.90. The molecule has 3 rings (SSSR count). The molecule has 4 nitrogen and oxygen atoms in total. The van der Waals surface area contributed by atoms with E-state index in [1.165, 1.54) is 32.1 Å². The molecule has 2 aromatic rings. The molecule has 0 bridgehead atoms. The molecule has 1 aromatic heterocycles. The molecule has 0 unspecified atom stereocenters. The number of oxazole rings is 1. The van der Waals surface area contributed by atoms with Crippen molar-refractivity contribution in [3.05, 3.63) is 24.1 Å². The third kappa shape index (κ3) is 3.43. The van der Waals surface area contributed by atoms with Crippen molar-refractivity contribution < 1.29 is 9.21 Å². The van der Waals surface area contributed by atoms with Crippen LogP contribution >= 0.6 is 0 Å². The Labute approximate surface area is 124 Å². The van der Waals surface area contributed by atoms with Crippen LogP contribution in [-0.2, 0) is 11.2 Å². The lowest BCUT2D eigenvalue weighted by atomic mass is 9.87. The van der Waals surface area contributed by atoms with Crippen LogP contribution in [0.15, 0.2) is 22.6 Å². The molecule has 0 saturated heterocycles. The average molecular weight is 286 g/mol. The van der Waals surface area contributed by atoms with Crippen LogP contribution in [-0.4, -0.2) is 10.9 Å². The summed E-state index contributed by atoms with van der Waals surface area (Å²) in [6.07, 6.45) is 7.65. The molecule has 1 aliphatic carbocycles. The van der Waals surface area contributed by atoms with Crippen LogP contribution < -0.4 is 5.32 Å². The van der Waals surface area contributed by atoms with Crippen molar-refractivity contribution in [2.45, 2.75) is 51.9 Å². The van der Waals surface area contributed by atoms with E-state index in [9.17, 15) is 4.79 Å². The van der Waals surface area contributed by atoms with Crippen molar-refractivity contribution in [2.24, 2.45) is 5.92 Å². The van der Waals surface area contributed by atoms with E-state index in [2.05, 4.69) is 10.3 Å². The van der Waals surface area contributed by atoms with Gasteiger partial charge in [-0.2, -0.15) is 0 Å². The van der Waals surface area contributed by atoms with Gasteiger partial charge in [0, 0.05) is 18.5 Å². The number of carbonyl (C=O) groups excluding carboxylic acids is 1. The topological polar surface area (TPSA) is 55.1 Å². The fourth-order valence-corrected chi connectivity index (χ4v) is 3.07. The third-order valence-corrected chi connectivity index (χ3v) is 4.22. The summed E-state index contributed by atoms with van der Waals surface area (Å²) < 4.78 is 5.57. The average Bonchev–Trinajstić information content (AvgIpc) is 2.90. The number of aryl methyl sites for hydroxylation is 1. The minimum atomic E-state index is 0.112. The van der Waals surface area contributed by atoms with Gasteiger partial charge in [-0.05, 0) is 37.0 Å². The molecule has 112 valence electrons. The number of nitrogens with zero attached hydrogens (tertiary/aromatic N) is 1. The van der Waals surface area contributed by atoms with E-state index >= 15 is 0 Å². The minimum absolute atomic E-state index is 0.112. The number of hydrogen-bond donors (Lipinski definition) is 1. The van der Waals surface area contributed by atoms with Crippen molar-refractivity contribution in [3.8, 4) is 0 Å². The molecule has 0 spiro atoms. The van der Waals surface area contributed by atoms with Crippen LogP contribution in [0.4, 0.5) is 5.69 Å². The summed E-state index contributed by atoms with van der Waals surface area (Å²) >= 11 is 0. The standard InChI is InChI=1S/C17H22N2O2/c1-2-17-19-14-11-13(8-9-15(14)21-17)18-16(20)10-12-6-4-3-5-7-12/h8-9,11-12H,2-7,10H2,1H3,(H,18,20). The Kier molecular flexibility index (Phi) is 4.23. The van der Waals surface area contributed by atoms with E-state index in [4.69, 9.17) is 4.42 Å². The smallest absolute Gasteiger partial charge is 0.224 e. The highest BCUT2D eigenvalue weighted by Gasteiger charge is 2.17. The predicted octanol–water partition coefficient (Wildman–Crippen LogP) is 4.30. The number of aromatic nitrogens is 1. The fraction of sp³-hybridized carbons (Fsp3) is 0.529. The van der Waals surface area contributed by atoms with Crippen molar-refractivity contribution >= 4 is 22.7 Å². The Morgan fingerprint density at radius 1 is 1.33 bits per heavy atom. The second kappa shape index (κ2) is 6.29. The van der Waals surface area contributed by atoms with Gasteiger partial charge in [0.25, 0.3) is 0 Å². The number of benzene rings is 1. The maximum absolute atomic E-state index is 12.1. The first-order valence-electron chi connectivity index (χ1n) is 7.94. The van der Waals surface area contributed by atoms with Crippen LogP contribution in [0.25, 0.3) is 11.1 Å². The quantitative estimate of drug-likeness (QED) is 0.911. The normalized spacial score (nSPS) is 16.2. The van der Waals surface area contributed by atoms with Gasteiger partial charge in [0.05, 0.1) is 0 Å². The first-order chi connectivity index (χ1) is 10.2. The third-order valence-electron chi connectivity index (χ3n) is 4.22. The van der Waals surface area contributed by atoms with E-state index in [1.807, 2.05) is 25.1 Å². The molecule has 1 aliphatic rings. The monoisotopic (exact) mass is 286 g/mol. The van der Waals surface area contributed by atoms with E-state index in [1.54, 1.807) is 0 Å². The molecule has 1 amide bonds. The summed E-state index contributed by atoms with van der Waals surface area (Å²) in [6, 6.07) is 5.64. The van der Waals surface area contributed by atoms with E-state index in [0.29, 0.717) is 12.3 Å². The molecule has 0 aliphatic heterocycles. The number of carbonyl (C=O) groups is 1. The summed E-state index contributed by atoms with van der Waals surface area (Å²) in [6.45, 7) is 2.01. The van der Waals surface area contributed by atoms with E-state index < -0.39 is 0 Å². The lowest BCUT2D eigenvalue weighted by molar-refractivity contribution is -0.117. The van der Waals surface area contributed by atoms with Gasteiger partial charge in [0.2, 0.25) is 5.91 Å². The molecule has 1 fully saturated rings. The second-order valence-electron chi connectivity index (χ2n) is 5.90. The van der Waals surface area contributed by atoms with Gasteiger partial charge < -0.3 is 9.73 Å². The maximum Gasteiger partial charge on any atom is 0.224 e. The zero-order chi connectivity index (χ0) is 14.7. The van der Waals surface area contributed by atoms with E-state index in [0.717, 1.165) is 29.1 Å². The fourth-order valence-electron chi connectivity index (χ4n) is 3.07. The molecule has 1 saturated carbocycles. The Hall–Kier alpha value is -1.84. The summed E-state index contributed by atoms with van der Waals surface area (Å²) in [5.74, 6) is 1.40. The van der Waals surface area contributed by atoms with Gasteiger partial charge in [-0.1, -0.05) is 26.2 Å². The SMILES string of the molecule is CCc1nc2cc(NC(=O)CC3CCCCC3)ccc2o1. The number of rotatable bonds is 4. The molecular formula is C17H22N2O2. The van der Waals surface area contributed by atoms with Crippen molar-refractivity contribution in [1.29, 1.82) is 0 Å². The lowest BCUT2D eigenvalue weighted by Gasteiger charge is -2.20. The largest absolute Gasteiger partial charge is 0.441 e. The summed E-state index contributed by atoms with van der Waals surface area (Å²) in [5.41, 5.74) is 2.39. The highest BCUT2D eigenvalue weighted by atomic mass is 16.3. The summed E-state index contributed by atoms with van der Waals surface area (Å²) in [5, 5.41) is 2.99. The van der Waals surface area contributed by atoms with Crippen molar-refractivity contribution in [2.75, 3.05) is 5.32 Å². The molecule has 1 N–H and O–H groups in total. The molecule has 1 aromatic carbocycles. The van der Waals surface area contributed by atoms with Crippen LogP contribution in [0, 0.1) is 5.92 Å². The van der Waals surface area contributed by atoms with Crippen LogP contribution in [0.2, 0.25) is 0 Å². The molecule has 21 heavy (non-hydrogen) atoms. The highest BCUT2D eigenvalue weighted by molar-refractivity contribution is 5.92. The Morgan fingerprint density at radius 2 is 2.14 bits per heavy atom. The predicted molar refractivity (Wildman–Crippen MR) is 83.2 cm³/mol. The molecule has 0 radical (unpaired) electrons. The van der Waals surface area contributed by atoms with Gasteiger partial charge >= 0.3 is 0 Å². The summed E-state index contributed by atoms with van der Waals surface area (Å²) in [4.78, 5) is 16.5. The summed E-state index contributed by atoms with van der Waals surface area (Å²) in [7, 11) is 0. The minimum Gasteiger partial charge on any atom is -0.441 e. The van der Waals surface area contributed by atoms with Crippen LogP contribution in [0.5, 0.6) is 0 Å². The zero-order valence-corrected chi connectivity index (χ0v) is 12.5. The van der Waals surface area contributed by atoms with Gasteiger partial charge in [-0.15, -0.1) is 0 Å². The molecule has 4 heteroatoms. The molecular weight excluding hydrogens is 264 g/mol. The van der Waals surface area contributed by atoms with Gasteiger partial charge in [-0.3, -0.25) is 4.79 Å². The van der Waals surface area contributed by atoms with Crippen molar-refractivity contribution in [1.82, 2.24) is 4.98 Å². The number of anilines is 1. The van der Waals surface area contributed by atoms with Crippen LogP contribution in [0.3, 0.4) is 0 Å². The first kappa shape index (κ1) is 14.1. The van der Waals surface area contributed by atoms with E-state index in [-0.39, 0.29) is 5.91 Å². The van der Waals surface area contributed by atoms with Crippen LogP contribution in [0.1, 0.15) is 51.3 Å². The zero-order valence-electron chi connectivity index (χ0n) is 12.5. The number of nitrogens with one attached hydrogen (secondary N) is 1. The van der Waals surface area contributed by atoms with Gasteiger partial charge in [0.1, 0.15) is 5.52 Å². The van der Waals surface area contributed by atoms with Gasteiger partial charge in [0.15, 0.2) is 11.5 Å². The van der Waals surface area contributed by atoms with Crippen molar-refractivity contribution in [3.63, 3.8) is 0 Å². The number of fused-ring (bicyclic) bond motifs is 1. The Bertz CT molecular complexity index is 627. The molecule has 1 heterocycles. The lowest BCUT2D eigenvalue weighted by Crippen LogP contribution is -2.18.